The summed E-state index contributed by atoms with van der Waals surface area (Å²) in [5.41, 5.74) is 1.23. The predicted octanol–water partition coefficient (Wildman–Crippen LogP) is 2.46. The highest BCUT2D eigenvalue weighted by Gasteiger charge is 2.07. The summed E-state index contributed by atoms with van der Waals surface area (Å²) in [6, 6.07) is 4.02. The number of hydrogen-bond donors (Lipinski definition) is 0. The molecule has 0 aliphatic rings. The third-order valence-corrected chi connectivity index (χ3v) is 3.37. The van der Waals surface area contributed by atoms with Crippen molar-refractivity contribution in [1.82, 2.24) is 19.7 Å². The van der Waals surface area contributed by atoms with E-state index in [4.69, 9.17) is 0 Å². The largest absolute Gasteiger partial charge is 0.302 e. The molecule has 0 aromatic carbocycles. The van der Waals surface area contributed by atoms with Crippen molar-refractivity contribution in [2.75, 3.05) is 0 Å². The number of aryl methyl sites for hydroxylation is 1. The lowest BCUT2D eigenvalue weighted by Gasteiger charge is -2.04. The highest BCUT2D eigenvalue weighted by atomic mass is 32.2. The van der Waals surface area contributed by atoms with Crippen molar-refractivity contribution >= 4 is 11.8 Å². The number of thioether (sulfide) groups is 1. The molecule has 2 rings (SSSR count). The molecule has 17 heavy (non-hydrogen) atoms. The first-order valence-corrected chi connectivity index (χ1v) is 6.32. The van der Waals surface area contributed by atoms with Crippen LogP contribution in [-0.4, -0.2) is 19.7 Å². The van der Waals surface area contributed by atoms with Crippen LogP contribution < -0.4 is 0 Å². The first kappa shape index (κ1) is 11.9. The topological polar surface area (TPSA) is 43.6 Å². The van der Waals surface area contributed by atoms with Crippen molar-refractivity contribution < 1.29 is 0 Å². The first-order valence-electron chi connectivity index (χ1n) is 5.33. The van der Waals surface area contributed by atoms with Crippen molar-refractivity contribution in [2.45, 2.75) is 24.4 Å². The Morgan fingerprint density at radius 3 is 2.82 bits per heavy atom. The summed E-state index contributed by atoms with van der Waals surface area (Å²) >= 11 is 1.67. The van der Waals surface area contributed by atoms with Gasteiger partial charge in [0.25, 0.3) is 0 Å². The standard InChI is InChI=1S/C12H14N4S/c1-3-8-16-10(2)14-15-12(16)17-9-11-4-6-13-7-5-11/h3-7H,1,8-9H2,2H3. The molecule has 2 heterocycles. The monoisotopic (exact) mass is 246 g/mol. The van der Waals surface area contributed by atoms with Crippen molar-refractivity contribution in [2.24, 2.45) is 0 Å². The summed E-state index contributed by atoms with van der Waals surface area (Å²) < 4.78 is 2.05. The molecule has 0 aliphatic carbocycles. The molecule has 2 aromatic rings. The van der Waals surface area contributed by atoms with Crippen molar-refractivity contribution in [1.29, 1.82) is 0 Å². The quantitative estimate of drug-likeness (QED) is 0.600. The maximum Gasteiger partial charge on any atom is 0.191 e. The van der Waals surface area contributed by atoms with Crippen LogP contribution in [0.1, 0.15) is 11.4 Å². The van der Waals surface area contributed by atoms with E-state index in [-0.39, 0.29) is 0 Å². The number of allylic oxidation sites excluding steroid dienone is 1. The molecule has 2 aromatic heterocycles. The minimum Gasteiger partial charge on any atom is -0.302 e. The zero-order valence-corrected chi connectivity index (χ0v) is 10.5. The summed E-state index contributed by atoms with van der Waals surface area (Å²) in [5.74, 6) is 1.79. The van der Waals surface area contributed by atoms with Gasteiger partial charge < -0.3 is 4.57 Å². The Labute approximate surface area is 105 Å². The smallest absolute Gasteiger partial charge is 0.191 e. The Balaban J connectivity index is 2.06. The summed E-state index contributed by atoms with van der Waals surface area (Å²) in [7, 11) is 0. The normalized spacial score (nSPS) is 10.4. The van der Waals surface area contributed by atoms with E-state index < -0.39 is 0 Å². The summed E-state index contributed by atoms with van der Waals surface area (Å²) in [5, 5.41) is 9.17. The van der Waals surface area contributed by atoms with Gasteiger partial charge in [-0.25, -0.2) is 0 Å². The van der Waals surface area contributed by atoms with E-state index in [9.17, 15) is 0 Å². The average Bonchev–Trinajstić information content (AvgIpc) is 2.70. The van der Waals surface area contributed by atoms with Gasteiger partial charge in [-0.15, -0.1) is 16.8 Å². The number of rotatable bonds is 5. The molecule has 0 amide bonds. The van der Waals surface area contributed by atoms with Crippen molar-refractivity contribution in [3.8, 4) is 0 Å². The lowest BCUT2D eigenvalue weighted by Crippen LogP contribution is -2.00. The first-order chi connectivity index (χ1) is 8.31. The molecule has 88 valence electrons. The lowest BCUT2D eigenvalue weighted by atomic mass is 10.3. The van der Waals surface area contributed by atoms with Gasteiger partial charge in [0.15, 0.2) is 5.16 Å². The molecule has 0 N–H and O–H groups in total. The number of pyridine rings is 1. The highest BCUT2D eigenvalue weighted by molar-refractivity contribution is 7.98. The molecule has 4 nitrogen and oxygen atoms in total. The van der Waals surface area contributed by atoms with Crippen LogP contribution in [0.4, 0.5) is 0 Å². The maximum absolute atomic E-state index is 4.16. The van der Waals surface area contributed by atoms with E-state index in [0.717, 1.165) is 23.3 Å². The van der Waals surface area contributed by atoms with Crippen LogP contribution in [0, 0.1) is 6.92 Å². The second-order valence-electron chi connectivity index (χ2n) is 3.57. The van der Waals surface area contributed by atoms with Crippen LogP contribution >= 0.6 is 11.8 Å². The molecule has 0 radical (unpaired) electrons. The highest BCUT2D eigenvalue weighted by Crippen LogP contribution is 2.21. The minimum absolute atomic E-state index is 0.748. The molecule has 0 aliphatic heterocycles. The molecule has 0 saturated carbocycles. The third kappa shape index (κ3) is 2.94. The Hall–Kier alpha value is -1.62. The molecular weight excluding hydrogens is 232 g/mol. The van der Waals surface area contributed by atoms with E-state index in [2.05, 4.69) is 26.3 Å². The molecule has 0 atom stereocenters. The van der Waals surface area contributed by atoms with E-state index in [0.29, 0.717) is 0 Å². The molecule has 0 spiro atoms. The van der Waals surface area contributed by atoms with Crippen LogP contribution in [0.15, 0.2) is 42.3 Å². The molecule has 0 bridgehead atoms. The zero-order valence-electron chi connectivity index (χ0n) is 9.71. The summed E-state index contributed by atoms with van der Waals surface area (Å²) in [6.45, 7) is 6.44. The predicted molar refractivity (Wildman–Crippen MR) is 68.8 cm³/mol. The number of nitrogens with zero attached hydrogens (tertiary/aromatic N) is 4. The van der Waals surface area contributed by atoms with Crippen LogP contribution in [0.3, 0.4) is 0 Å². The van der Waals surface area contributed by atoms with Gasteiger partial charge in [0.05, 0.1) is 0 Å². The van der Waals surface area contributed by atoms with Gasteiger partial charge in [0, 0.05) is 24.7 Å². The third-order valence-electron chi connectivity index (χ3n) is 2.33. The van der Waals surface area contributed by atoms with E-state index in [1.165, 1.54) is 5.56 Å². The van der Waals surface area contributed by atoms with Crippen LogP contribution in [0.25, 0.3) is 0 Å². The van der Waals surface area contributed by atoms with Crippen molar-refractivity contribution in [3.63, 3.8) is 0 Å². The minimum atomic E-state index is 0.748. The Morgan fingerprint density at radius 2 is 2.12 bits per heavy atom. The van der Waals surface area contributed by atoms with Crippen LogP contribution in [-0.2, 0) is 12.3 Å². The fraction of sp³-hybridized carbons (Fsp3) is 0.250. The Kier molecular flexibility index (Phi) is 3.93. The SMILES string of the molecule is C=CCn1c(C)nnc1SCc1ccncc1. The van der Waals surface area contributed by atoms with Crippen molar-refractivity contribution in [3.05, 3.63) is 48.6 Å². The summed E-state index contributed by atoms with van der Waals surface area (Å²) in [6.07, 6.45) is 5.46. The Morgan fingerprint density at radius 1 is 1.35 bits per heavy atom. The van der Waals surface area contributed by atoms with E-state index in [1.807, 2.05) is 25.1 Å². The molecular formula is C12H14N4S. The van der Waals surface area contributed by atoms with Gasteiger partial charge in [-0.2, -0.15) is 0 Å². The second-order valence-corrected chi connectivity index (χ2v) is 4.52. The maximum atomic E-state index is 4.16. The molecule has 0 fully saturated rings. The van der Waals surface area contributed by atoms with Gasteiger partial charge in [0.2, 0.25) is 0 Å². The van der Waals surface area contributed by atoms with Gasteiger partial charge >= 0.3 is 0 Å². The molecule has 0 saturated heterocycles. The van der Waals surface area contributed by atoms with Crippen LogP contribution in [0.5, 0.6) is 0 Å². The summed E-state index contributed by atoms with van der Waals surface area (Å²) in [4.78, 5) is 4.00. The lowest BCUT2D eigenvalue weighted by molar-refractivity contribution is 0.703. The van der Waals surface area contributed by atoms with Gasteiger partial charge in [-0.3, -0.25) is 4.98 Å². The fourth-order valence-corrected chi connectivity index (χ4v) is 2.38. The molecule has 5 heteroatoms. The fourth-order valence-electron chi connectivity index (χ4n) is 1.43. The van der Waals surface area contributed by atoms with E-state index in [1.54, 1.807) is 24.2 Å². The second kappa shape index (κ2) is 5.63. The van der Waals surface area contributed by atoms with Gasteiger partial charge in [0.1, 0.15) is 5.82 Å². The number of aromatic nitrogens is 4. The molecule has 0 unspecified atom stereocenters. The van der Waals surface area contributed by atoms with Gasteiger partial charge in [-0.05, 0) is 24.6 Å². The Bertz CT molecular complexity index is 492. The van der Waals surface area contributed by atoms with Crippen LogP contribution in [0.2, 0.25) is 0 Å². The average molecular weight is 246 g/mol. The zero-order chi connectivity index (χ0) is 12.1. The van der Waals surface area contributed by atoms with Gasteiger partial charge in [-0.1, -0.05) is 17.8 Å². The number of hydrogen-bond acceptors (Lipinski definition) is 4. The van der Waals surface area contributed by atoms with E-state index >= 15 is 0 Å².